The lowest BCUT2D eigenvalue weighted by Gasteiger charge is -2.41. The Balaban J connectivity index is 0.889. The molecule has 0 radical (unpaired) electrons. The molecule has 4 amide bonds. The third-order valence-electron chi connectivity index (χ3n) is 14.2. The van der Waals surface area contributed by atoms with E-state index in [1.54, 1.807) is 0 Å². The second-order valence-electron chi connectivity index (χ2n) is 17.8. The summed E-state index contributed by atoms with van der Waals surface area (Å²) in [5, 5.41) is 5.50. The molecule has 0 spiro atoms. The standard InChI is InChI=1S/C52H54N8O6/c1-65-51(63)57-45(35-11-5-3-6-12-35)49(61)59-27-9-15-41(59)47-53-29-39(55-47)32-19-17-31(18-20-32)37-25-26-38(44-34-23-21-33(22-24-34)43(37)44)40-30-54-48(56-40)42-16-10-28-60(42)50(62)46(58-52(64)66-2)36-13-7-4-8-14-36/h3-8,11-14,17-20,25-26,29-30,33-34,41-42,45-46H,9-10,15-16,21-24,27-28H2,1-2H3,(H,53,55)(H,54,56)(H,57,63)(H,58,64). The minimum Gasteiger partial charge on any atom is -0.453 e. The van der Waals surface area contributed by atoms with E-state index in [1.165, 1.54) is 49.3 Å². The van der Waals surface area contributed by atoms with Gasteiger partial charge in [-0.3, -0.25) is 9.59 Å². The smallest absolute Gasteiger partial charge is 0.407 e. The molecule has 1 saturated carbocycles. The first kappa shape index (κ1) is 42.7. The quantitative estimate of drug-likeness (QED) is 0.0996. The summed E-state index contributed by atoms with van der Waals surface area (Å²) in [5.41, 5.74) is 10.6. The second-order valence-corrected chi connectivity index (χ2v) is 17.8. The van der Waals surface area contributed by atoms with E-state index in [0.29, 0.717) is 41.9 Å². The fourth-order valence-corrected chi connectivity index (χ4v) is 11.0. The van der Waals surface area contributed by atoms with Crippen molar-refractivity contribution in [2.45, 2.75) is 87.4 Å². The van der Waals surface area contributed by atoms with Crippen LogP contribution in [-0.4, -0.2) is 81.0 Å². The number of fused-ring (bicyclic) bond motifs is 2. The first-order chi connectivity index (χ1) is 32.3. The highest BCUT2D eigenvalue weighted by atomic mass is 16.5. The Hall–Kier alpha value is -7.22. The predicted octanol–water partition coefficient (Wildman–Crippen LogP) is 9.41. The number of H-pyrrole nitrogens is 2. The van der Waals surface area contributed by atoms with E-state index in [0.717, 1.165) is 66.9 Å². The fourth-order valence-electron chi connectivity index (χ4n) is 11.0. The number of imidazole rings is 2. The maximum Gasteiger partial charge on any atom is 0.407 e. The summed E-state index contributed by atoms with van der Waals surface area (Å²) < 4.78 is 9.76. The van der Waals surface area contributed by atoms with Crippen molar-refractivity contribution in [3.63, 3.8) is 0 Å². The highest BCUT2D eigenvalue weighted by Gasteiger charge is 2.40. The van der Waals surface area contributed by atoms with Crippen molar-refractivity contribution in [2.24, 2.45) is 0 Å². The summed E-state index contributed by atoms with van der Waals surface area (Å²) in [6.45, 7) is 1.12. The molecule has 66 heavy (non-hydrogen) atoms. The molecule has 3 fully saturated rings. The van der Waals surface area contributed by atoms with E-state index in [9.17, 15) is 19.2 Å². The Kier molecular flexibility index (Phi) is 11.9. The van der Waals surface area contributed by atoms with Crippen LogP contribution >= 0.6 is 0 Å². The molecule has 4 atom stereocenters. The van der Waals surface area contributed by atoms with E-state index >= 15 is 0 Å². The third-order valence-corrected chi connectivity index (χ3v) is 14.2. The average Bonchev–Trinajstić information content (AvgIpc) is 4.23. The van der Waals surface area contributed by atoms with Gasteiger partial charge < -0.3 is 39.9 Å². The molecule has 338 valence electrons. The van der Waals surface area contributed by atoms with Gasteiger partial charge in [0, 0.05) is 18.7 Å². The first-order valence-corrected chi connectivity index (χ1v) is 23.1. The van der Waals surface area contributed by atoms with Gasteiger partial charge in [-0.1, -0.05) is 97.1 Å². The van der Waals surface area contributed by atoms with Gasteiger partial charge in [0.05, 0.1) is 50.1 Å². The minimum absolute atomic E-state index is 0.193. The number of aromatic nitrogens is 4. The molecule has 4 aromatic carbocycles. The molecule has 6 aromatic rings. The normalized spacial score (nSPS) is 20.6. The SMILES string of the molecule is COC(=O)NC(C(=O)N1CCCC1c1ncc(-c2ccc(-c3ccc(-c4cnc(C5CCCN5C(=O)C(NC(=O)OC)c5ccccc5)[nH]4)c4c3C3CCC4CC3)cc2)[nH]1)c1ccccc1. The lowest BCUT2D eigenvalue weighted by atomic mass is 9.64. The molecule has 4 unspecified atom stereocenters. The van der Waals surface area contributed by atoms with Gasteiger partial charge in [0.25, 0.3) is 11.8 Å². The predicted molar refractivity (Wildman–Crippen MR) is 248 cm³/mol. The molecular formula is C52H54N8O6. The summed E-state index contributed by atoms with van der Waals surface area (Å²) in [6.07, 6.45) is 10.3. The minimum atomic E-state index is -0.883. The van der Waals surface area contributed by atoms with E-state index in [4.69, 9.17) is 19.4 Å². The first-order valence-electron chi connectivity index (χ1n) is 23.1. The van der Waals surface area contributed by atoms with Gasteiger partial charge in [-0.2, -0.15) is 0 Å². The number of carbonyl (C=O) groups is 4. The number of likely N-dealkylation sites (tertiary alicyclic amines) is 2. The van der Waals surface area contributed by atoms with Crippen LogP contribution in [0, 0.1) is 0 Å². The number of amides is 4. The third kappa shape index (κ3) is 8.09. The van der Waals surface area contributed by atoms with Crippen molar-refractivity contribution in [3.05, 3.63) is 143 Å². The number of nitrogens with zero attached hydrogens (tertiary/aromatic N) is 4. The molecule has 4 heterocycles. The lowest BCUT2D eigenvalue weighted by molar-refractivity contribution is -0.135. The van der Waals surface area contributed by atoms with Crippen LogP contribution in [0.25, 0.3) is 33.6 Å². The van der Waals surface area contributed by atoms with Crippen LogP contribution < -0.4 is 10.6 Å². The van der Waals surface area contributed by atoms with Gasteiger partial charge in [-0.15, -0.1) is 0 Å². The fraction of sp³-hybridized carbons (Fsp3) is 0.346. The zero-order valence-electron chi connectivity index (χ0n) is 37.2. The molecule has 3 aliphatic carbocycles. The van der Waals surface area contributed by atoms with Crippen molar-refractivity contribution in [1.29, 1.82) is 0 Å². The molecule has 5 aliphatic rings. The summed E-state index contributed by atoms with van der Waals surface area (Å²) in [5.74, 6) is 1.99. The number of carbonyl (C=O) groups excluding carboxylic acids is 4. The zero-order chi connectivity index (χ0) is 45.3. The number of benzene rings is 4. The molecule has 11 rings (SSSR count). The Morgan fingerprint density at radius 2 is 1.00 bits per heavy atom. The Bertz CT molecular complexity index is 2730. The van der Waals surface area contributed by atoms with Gasteiger partial charge in [0.2, 0.25) is 0 Å². The summed E-state index contributed by atoms with van der Waals surface area (Å²) in [4.78, 5) is 73.5. The molecule has 2 saturated heterocycles. The van der Waals surface area contributed by atoms with Gasteiger partial charge in [-0.05, 0) is 102 Å². The monoisotopic (exact) mass is 886 g/mol. The van der Waals surface area contributed by atoms with Crippen LogP contribution in [0.1, 0.15) is 121 Å². The van der Waals surface area contributed by atoms with Crippen molar-refractivity contribution >= 4 is 24.0 Å². The number of nitrogens with one attached hydrogen (secondary N) is 4. The van der Waals surface area contributed by atoms with Gasteiger partial charge in [0.15, 0.2) is 0 Å². The molecule has 2 bridgehead atoms. The Labute approximate surface area is 383 Å². The maximum atomic E-state index is 14.2. The van der Waals surface area contributed by atoms with Crippen molar-refractivity contribution in [2.75, 3.05) is 27.3 Å². The van der Waals surface area contributed by atoms with Crippen LogP contribution in [0.4, 0.5) is 9.59 Å². The molecule has 2 aromatic heterocycles. The topological polar surface area (TPSA) is 175 Å². The second kappa shape index (κ2) is 18.3. The van der Waals surface area contributed by atoms with Crippen LogP contribution in [0.2, 0.25) is 0 Å². The largest absolute Gasteiger partial charge is 0.453 e. The molecular weight excluding hydrogens is 833 g/mol. The highest BCUT2D eigenvalue weighted by molar-refractivity contribution is 5.88. The number of aromatic amines is 2. The highest BCUT2D eigenvalue weighted by Crippen LogP contribution is 2.55. The van der Waals surface area contributed by atoms with Crippen molar-refractivity contribution < 1.29 is 28.7 Å². The number of hydrogen-bond acceptors (Lipinski definition) is 8. The average molecular weight is 887 g/mol. The van der Waals surface area contributed by atoms with Gasteiger partial charge >= 0.3 is 12.2 Å². The van der Waals surface area contributed by atoms with E-state index < -0.39 is 24.3 Å². The van der Waals surface area contributed by atoms with Crippen LogP contribution in [0.3, 0.4) is 0 Å². The number of ether oxygens (including phenoxy) is 2. The zero-order valence-corrected chi connectivity index (χ0v) is 37.2. The number of hydrogen-bond donors (Lipinski definition) is 4. The molecule has 2 aliphatic heterocycles. The number of methoxy groups -OCH3 is 2. The Morgan fingerprint density at radius 3 is 1.50 bits per heavy atom. The molecule has 14 nitrogen and oxygen atoms in total. The van der Waals surface area contributed by atoms with Crippen molar-refractivity contribution in [1.82, 2.24) is 40.4 Å². The van der Waals surface area contributed by atoms with Crippen LogP contribution in [-0.2, 0) is 19.1 Å². The summed E-state index contributed by atoms with van der Waals surface area (Å²) >= 11 is 0. The maximum absolute atomic E-state index is 14.2. The van der Waals surface area contributed by atoms with Crippen LogP contribution in [0.5, 0.6) is 0 Å². The van der Waals surface area contributed by atoms with Gasteiger partial charge in [-0.25, -0.2) is 19.6 Å². The molecule has 4 N–H and O–H groups in total. The van der Waals surface area contributed by atoms with E-state index in [2.05, 4.69) is 57.0 Å². The molecule has 14 heteroatoms. The summed E-state index contributed by atoms with van der Waals surface area (Å²) in [7, 11) is 2.59. The van der Waals surface area contributed by atoms with Gasteiger partial charge in [0.1, 0.15) is 23.7 Å². The van der Waals surface area contributed by atoms with Crippen molar-refractivity contribution in [3.8, 4) is 33.6 Å². The van der Waals surface area contributed by atoms with E-state index in [-0.39, 0.29) is 23.9 Å². The van der Waals surface area contributed by atoms with Crippen LogP contribution in [0.15, 0.2) is 109 Å². The number of alkyl carbamates (subject to hydrolysis) is 2. The van der Waals surface area contributed by atoms with E-state index in [1.807, 2.05) is 82.9 Å². The Morgan fingerprint density at radius 1 is 0.561 bits per heavy atom. The summed E-state index contributed by atoms with van der Waals surface area (Å²) in [6, 6.07) is 29.4. The number of rotatable bonds is 11. The lowest BCUT2D eigenvalue weighted by Crippen LogP contribution is -2.42.